The Morgan fingerprint density at radius 1 is 1.04 bits per heavy atom. The molecule has 0 aliphatic rings. The monoisotopic (exact) mass is 356 g/mol. The van der Waals surface area contributed by atoms with Crippen LogP contribution in [0.15, 0.2) is 54.6 Å². The number of nitrogens with zero attached hydrogens (tertiary/aromatic N) is 1. The fourth-order valence-corrected chi connectivity index (χ4v) is 2.66. The van der Waals surface area contributed by atoms with Gasteiger partial charge in [-0.2, -0.15) is 0 Å². The molecule has 4 nitrogen and oxygen atoms in total. The first-order valence-corrected chi connectivity index (χ1v) is 8.86. The fourth-order valence-electron chi connectivity index (χ4n) is 2.66. The molecule has 0 spiro atoms. The van der Waals surface area contributed by atoms with E-state index in [1.54, 1.807) is 24.0 Å². The molecule has 0 aliphatic heterocycles. The van der Waals surface area contributed by atoms with Crippen molar-refractivity contribution in [3.05, 3.63) is 71.5 Å². The zero-order chi connectivity index (χ0) is 18.9. The van der Waals surface area contributed by atoms with E-state index in [2.05, 4.69) is 5.32 Å². The van der Waals surface area contributed by atoms with Crippen LogP contribution in [0.25, 0.3) is 0 Å². The average Bonchev–Trinajstić information content (AvgIpc) is 2.66. The van der Waals surface area contributed by atoms with E-state index in [-0.39, 0.29) is 24.2 Å². The van der Waals surface area contributed by atoms with Crippen LogP contribution in [-0.2, 0) is 22.7 Å². The van der Waals surface area contributed by atoms with Gasteiger partial charge in [-0.1, -0.05) is 49.4 Å². The third kappa shape index (κ3) is 5.69. The molecule has 0 heterocycles. The van der Waals surface area contributed by atoms with Gasteiger partial charge in [0.05, 0.1) is 0 Å². The summed E-state index contributed by atoms with van der Waals surface area (Å²) < 4.78 is 13.1. The summed E-state index contributed by atoms with van der Waals surface area (Å²) in [5, 5.41) is 2.88. The van der Waals surface area contributed by atoms with Crippen LogP contribution >= 0.6 is 0 Å². The topological polar surface area (TPSA) is 49.4 Å². The SMILES string of the molecule is CCCC(=O)N(Cc1ccc(F)cc1)[C@H](C)C(=O)NCc1ccccc1. The Labute approximate surface area is 154 Å². The smallest absolute Gasteiger partial charge is 0.242 e. The summed E-state index contributed by atoms with van der Waals surface area (Å²) in [4.78, 5) is 26.6. The summed E-state index contributed by atoms with van der Waals surface area (Å²) in [5.41, 5.74) is 1.79. The van der Waals surface area contributed by atoms with Crippen LogP contribution in [0.3, 0.4) is 0 Å². The number of halogens is 1. The van der Waals surface area contributed by atoms with Gasteiger partial charge in [-0.05, 0) is 36.6 Å². The van der Waals surface area contributed by atoms with Gasteiger partial charge in [0.15, 0.2) is 0 Å². The van der Waals surface area contributed by atoms with Gasteiger partial charge in [0, 0.05) is 19.5 Å². The van der Waals surface area contributed by atoms with Gasteiger partial charge < -0.3 is 10.2 Å². The Bertz CT molecular complexity index is 717. The molecule has 2 aromatic rings. The highest BCUT2D eigenvalue weighted by Gasteiger charge is 2.25. The van der Waals surface area contributed by atoms with E-state index in [0.29, 0.717) is 19.4 Å². The largest absolute Gasteiger partial charge is 0.350 e. The van der Waals surface area contributed by atoms with Gasteiger partial charge in [-0.25, -0.2) is 4.39 Å². The molecule has 138 valence electrons. The van der Waals surface area contributed by atoms with Gasteiger partial charge in [0.1, 0.15) is 11.9 Å². The second kappa shape index (κ2) is 9.70. The van der Waals surface area contributed by atoms with Crippen LogP contribution in [0.1, 0.15) is 37.8 Å². The molecule has 26 heavy (non-hydrogen) atoms. The summed E-state index contributed by atoms with van der Waals surface area (Å²) in [6, 6.07) is 15.0. The standard InChI is InChI=1S/C21H25FN2O2/c1-3-7-20(25)24(15-18-10-12-19(22)13-11-18)16(2)21(26)23-14-17-8-5-4-6-9-17/h4-6,8-13,16H,3,7,14-15H2,1-2H3,(H,23,26)/t16-/m1/s1. The Hall–Kier alpha value is -2.69. The zero-order valence-electron chi connectivity index (χ0n) is 15.2. The van der Waals surface area contributed by atoms with Crippen molar-refractivity contribution in [2.45, 2.75) is 45.8 Å². The predicted molar refractivity (Wildman–Crippen MR) is 99.6 cm³/mol. The first-order valence-electron chi connectivity index (χ1n) is 8.86. The number of amides is 2. The van der Waals surface area contributed by atoms with Gasteiger partial charge >= 0.3 is 0 Å². The molecule has 0 bridgehead atoms. The number of nitrogens with one attached hydrogen (secondary N) is 1. The normalized spacial score (nSPS) is 11.7. The van der Waals surface area contributed by atoms with Crippen LogP contribution in [0.5, 0.6) is 0 Å². The molecule has 0 radical (unpaired) electrons. The molecule has 0 saturated heterocycles. The van der Waals surface area contributed by atoms with Crippen LogP contribution in [0.4, 0.5) is 4.39 Å². The summed E-state index contributed by atoms with van der Waals surface area (Å²) in [6.07, 6.45) is 1.08. The van der Waals surface area contributed by atoms with Crippen molar-refractivity contribution in [2.75, 3.05) is 0 Å². The second-order valence-electron chi connectivity index (χ2n) is 6.28. The first-order chi connectivity index (χ1) is 12.5. The number of benzene rings is 2. The Morgan fingerprint density at radius 3 is 2.31 bits per heavy atom. The molecular weight excluding hydrogens is 331 g/mol. The van der Waals surface area contributed by atoms with E-state index in [1.165, 1.54) is 12.1 Å². The van der Waals surface area contributed by atoms with Crippen molar-refractivity contribution in [1.29, 1.82) is 0 Å². The Balaban J connectivity index is 2.05. The third-order valence-electron chi connectivity index (χ3n) is 4.21. The maximum absolute atomic E-state index is 13.1. The number of hydrogen-bond acceptors (Lipinski definition) is 2. The molecule has 2 rings (SSSR count). The maximum atomic E-state index is 13.1. The van der Waals surface area contributed by atoms with Crippen molar-refractivity contribution in [2.24, 2.45) is 0 Å². The third-order valence-corrected chi connectivity index (χ3v) is 4.21. The molecule has 5 heteroatoms. The summed E-state index contributed by atoms with van der Waals surface area (Å²) >= 11 is 0. The van der Waals surface area contributed by atoms with Crippen LogP contribution in [0.2, 0.25) is 0 Å². The van der Waals surface area contributed by atoms with Crippen molar-refractivity contribution < 1.29 is 14.0 Å². The minimum Gasteiger partial charge on any atom is -0.350 e. The summed E-state index contributed by atoms with van der Waals surface area (Å²) in [7, 11) is 0. The van der Waals surface area contributed by atoms with Crippen LogP contribution in [0, 0.1) is 5.82 Å². The summed E-state index contributed by atoms with van der Waals surface area (Å²) in [6.45, 7) is 4.33. The highest BCUT2D eigenvalue weighted by Crippen LogP contribution is 2.13. The van der Waals surface area contributed by atoms with Crippen LogP contribution in [-0.4, -0.2) is 22.8 Å². The first kappa shape index (κ1) is 19.6. The minimum atomic E-state index is -0.609. The summed E-state index contributed by atoms with van der Waals surface area (Å²) in [5.74, 6) is -0.617. The number of rotatable bonds is 8. The van der Waals surface area contributed by atoms with Crippen molar-refractivity contribution in [3.63, 3.8) is 0 Å². The highest BCUT2D eigenvalue weighted by molar-refractivity contribution is 5.87. The molecule has 2 amide bonds. The minimum absolute atomic E-state index is 0.0841. The van der Waals surface area contributed by atoms with Crippen molar-refractivity contribution in [1.82, 2.24) is 10.2 Å². The molecule has 1 N–H and O–H groups in total. The molecule has 2 aromatic carbocycles. The van der Waals surface area contributed by atoms with Crippen LogP contribution < -0.4 is 5.32 Å². The van der Waals surface area contributed by atoms with E-state index in [0.717, 1.165) is 11.1 Å². The second-order valence-corrected chi connectivity index (χ2v) is 6.28. The molecule has 0 unspecified atom stereocenters. The van der Waals surface area contributed by atoms with E-state index < -0.39 is 6.04 Å². The molecule has 0 aromatic heterocycles. The maximum Gasteiger partial charge on any atom is 0.242 e. The number of hydrogen-bond donors (Lipinski definition) is 1. The van der Waals surface area contributed by atoms with Gasteiger partial charge in [0.25, 0.3) is 0 Å². The van der Waals surface area contributed by atoms with E-state index >= 15 is 0 Å². The predicted octanol–water partition coefficient (Wildman–Crippen LogP) is 3.66. The molecule has 0 saturated carbocycles. The average molecular weight is 356 g/mol. The zero-order valence-corrected chi connectivity index (χ0v) is 15.2. The Kier molecular flexibility index (Phi) is 7.33. The molecule has 0 fully saturated rings. The number of carbonyl (C=O) groups is 2. The van der Waals surface area contributed by atoms with E-state index in [9.17, 15) is 14.0 Å². The lowest BCUT2D eigenvalue weighted by atomic mass is 10.1. The quantitative estimate of drug-likeness (QED) is 0.785. The fraction of sp³-hybridized carbons (Fsp3) is 0.333. The van der Waals surface area contributed by atoms with Crippen molar-refractivity contribution in [3.8, 4) is 0 Å². The lowest BCUT2D eigenvalue weighted by molar-refractivity contribution is -0.140. The lowest BCUT2D eigenvalue weighted by Gasteiger charge is -2.28. The molecule has 0 aliphatic carbocycles. The van der Waals surface area contributed by atoms with Gasteiger partial charge in [-0.15, -0.1) is 0 Å². The van der Waals surface area contributed by atoms with E-state index in [4.69, 9.17) is 0 Å². The highest BCUT2D eigenvalue weighted by atomic mass is 19.1. The van der Waals surface area contributed by atoms with Crippen molar-refractivity contribution >= 4 is 11.8 Å². The van der Waals surface area contributed by atoms with E-state index in [1.807, 2.05) is 37.3 Å². The molecular formula is C21H25FN2O2. The van der Waals surface area contributed by atoms with Gasteiger partial charge in [-0.3, -0.25) is 9.59 Å². The lowest BCUT2D eigenvalue weighted by Crippen LogP contribution is -2.47. The Morgan fingerprint density at radius 2 is 1.69 bits per heavy atom. The van der Waals surface area contributed by atoms with Gasteiger partial charge in [0.2, 0.25) is 11.8 Å². The number of carbonyl (C=O) groups excluding carboxylic acids is 2. The molecule has 1 atom stereocenters.